The summed E-state index contributed by atoms with van der Waals surface area (Å²) in [7, 11) is 0. The lowest BCUT2D eigenvalue weighted by Crippen LogP contribution is -2.53. The molecule has 0 atom stereocenters. The van der Waals surface area contributed by atoms with Crippen molar-refractivity contribution in [3.8, 4) is 0 Å². The van der Waals surface area contributed by atoms with Crippen LogP contribution >= 0.6 is 11.3 Å². The van der Waals surface area contributed by atoms with Crippen LogP contribution in [0.15, 0.2) is 0 Å². The molecule has 3 rings (SSSR count). The van der Waals surface area contributed by atoms with Gasteiger partial charge in [-0.15, -0.1) is 11.3 Å². The summed E-state index contributed by atoms with van der Waals surface area (Å²) in [4.78, 5) is 8.86. The molecule has 1 aromatic rings. The first-order valence-electron chi connectivity index (χ1n) is 7.67. The summed E-state index contributed by atoms with van der Waals surface area (Å²) in [5, 5.41) is 4.64. The van der Waals surface area contributed by atoms with E-state index in [9.17, 15) is 0 Å². The highest BCUT2D eigenvalue weighted by atomic mass is 32.1. The summed E-state index contributed by atoms with van der Waals surface area (Å²) in [6.07, 6.45) is 2.63. The third-order valence-corrected chi connectivity index (χ3v) is 5.19. The molecule has 1 aromatic heterocycles. The molecular formula is C15H25N3OS. The topological polar surface area (TPSA) is 37.4 Å². The van der Waals surface area contributed by atoms with Crippen molar-refractivity contribution in [1.82, 2.24) is 10.3 Å². The molecule has 0 radical (unpaired) electrons. The molecular weight excluding hydrogens is 270 g/mol. The number of anilines is 1. The van der Waals surface area contributed by atoms with Gasteiger partial charge in [-0.05, 0) is 33.2 Å². The second-order valence-electron chi connectivity index (χ2n) is 6.38. The van der Waals surface area contributed by atoms with Crippen LogP contribution in [0.1, 0.15) is 50.1 Å². The molecule has 1 saturated carbocycles. The molecule has 1 aliphatic carbocycles. The first-order chi connectivity index (χ1) is 9.62. The van der Waals surface area contributed by atoms with Gasteiger partial charge in [-0.3, -0.25) is 0 Å². The quantitative estimate of drug-likeness (QED) is 0.906. The molecule has 1 N–H and O–H groups in total. The number of ether oxygens (including phenoxy) is 1. The lowest BCUT2D eigenvalue weighted by molar-refractivity contribution is 0.0643. The normalized spacial score (nSPS) is 22.2. The highest BCUT2D eigenvalue weighted by molar-refractivity contribution is 7.15. The van der Waals surface area contributed by atoms with Gasteiger partial charge in [-0.1, -0.05) is 6.92 Å². The van der Waals surface area contributed by atoms with Crippen LogP contribution in [0.4, 0.5) is 5.13 Å². The van der Waals surface area contributed by atoms with Crippen molar-refractivity contribution in [2.75, 3.05) is 31.2 Å². The maximum atomic E-state index is 5.62. The molecule has 1 aliphatic heterocycles. The third-order valence-electron chi connectivity index (χ3n) is 4.09. The highest BCUT2D eigenvalue weighted by Crippen LogP contribution is 2.45. The van der Waals surface area contributed by atoms with E-state index in [1.165, 1.54) is 28.5 Å². The van der Waals surface area contributed by atoms with Crippen molar-refractivity contribution in [2.45, 2.75) is 51.6 Å². The zero-order valence-electron chi connectivity index (χ0n) is 12.7. The second kappa shape index (κ2) is 5.62. The third kappa shape index (κ3) is 2.85. The lowest BCUT2D eigenvalue weighted by Gasteiger charge is -2.42. The molecule has 0 spiro atoms. The van der Waals surface area contributed by atoms with Gasteiger partial charge in [-0.2, -0.15) is 0 Å². The number of aromatic nitrogens is 1. The maximum absolute atomic E-state index is 5.62. The fourth-order valence-corrected chi connectivity index (χ4v) is 4.02. The second-order valence-corrected chi connectivity index (χ2v) is 7.44. The monoisotopic (exact) mass is 295 g/mol. The van der Waals surface area contributed by atoms with Crippen molar-refractivity contribution in [1.29, 1.82) is 0 Å². The van der Waals surface area contributed by atoms with Crippen molar-refractivity contribution >= 4 is 16.5 Å². The highest BCUT2D eigenvalue weighted by Gasteiger charge is 2.35. The molecule has 4 nitrogen and oxygen atoms in total. The number of rotatable bonds is 5. The number of nitrogens with one attached hydrogen (secondary N) is 1. The zero-order valence-corrected chi connectivity index (χ0v) is 13.6. The van der Waals surface area contributed by atoms with Gasteiger partial charge in [0.25, 0.3) is 0 Å². The van der Waals surface area contributed by atoms with Crippen LogP contribution < -0.4 is 10.2 Å². The van der Waals surface area contributed by atoms with Gasteiger partial charge >= 0.3 is 0 Å². The lowest BCUT2D eigenvalue weighted by atomic mass is 10.0. The molecule has 20 heavy (non-hydrogen) atoms. The van der Waals surface area contributed by atoms with Gasteiger partial charge in [0, 0.05) is 23.9 Å². The maximum Gasteiger partial charge on any atom is 0.186 e. The van der Waals surface area contributed by atoms with Gasteiger partial charge in [-0.25, -0.2) is 4.98 Å². The predicted octanol–water partition coefficient (Wildman–Crippen LogP) is 2.75. The number of hydrogen-bond donors (Lipinski definition) is 1. The first-order valence-corrected chi connectivity index (χ1v) is 8.49. The average molecular weight is 295 g/mol. The predicted molar refractivity (Wildman–Crippen MR) is 83.7 cm³/mol. The smallest absolute Gasteiger partial charge is 0.186 e. The molecule has 0 amide bonds. The van der Waals surface area contributed by atoms with Crippen molar-refractivity contribution in [3.63, 3.8) is 0 Å². The molecule has 0 bridgehead atoms. The Morgan fingerprint density at radius 2 is 2.25 bits per heavy atom. The summed E-state index contributed by atoms with van der Waals surface area (Å²) in [5.74, 6) is 0.720. The van der Waals surface area contributed by atoms with E-state index in [-0.39, 0.29) is 5.54 Å². The number of thiazole rings is 1. The van der Waals surface area contributed by atoms with Crippen molar-refractivity contribution < 1.29 is 4.74 Å². The SMILES string of the molecule is CCNCc1sc(N2CCOCC2(C)C)nc1C1CC1. The summed E-state index contributed by atoms with van der Waals surface area (Å²) in [6, 6.07) is 0. The van der Waals surface area contributed by atoms with Crippen LogP contribution in [-0.4, -0.2) is 36.8 Å². The Morgan fingerprint density at radius 3 is 2.90 bits per heavy atom. The molecule has 2 heterocycles. The van der Waals surface area contributed by atoms with Crippen LogP contribution in [0.25, 0.3) is 0 Å². The summed E-state index contributed by atoms with van der Waals surface area (Å²) < 4.78 is 5.62. The Balaban J connectivity index is 1.85. The molecule has 112 valence electrons. The molecule has 1 saturated heterocycles. The van der Waals surface area contributed by atoms with Crippen LogP contribution in [-0.2, 0) is 11.3 Å². The van der Waals surface area contributed by atoms with Gasteiger partial charge in [0.2, 0.25) is 0 Å². The van der Waals surface area contributed by atoms with Crippen LogP contribution in [0.5, 0.6) is 0 Å². The van der Waals surface area contributed by atoms with E-state index in [0.29, 0.717) is 0 Å². The Hall–Kier alpha value is -0.650. The van der Waals surface area contributed by atoms with E-state index in [0.717, 1.165) is 38.8 Å². The van der Waals surface area contributed by atoms with Crippen LogP contribution in [0, 0.1) is 0 Å². The Bertz CT molecular complexity index is 468. The molecule has 2 fully saturated rings. The molecule has 0 aromatic carbocycles. The summed E-state index contributed by atoms with van der Waals surface area (Å²) in [5.41, 5.74) is 1.40. The number of morpholine rings is 1. The number of nitrogens with zero attached hydrogens (tertiary/aromatic N) is 2. The minimum Gasteiger partial charge on any atom is -0.377 e. The summed E-state index contributed by atoms with van der Waals surface area (Å²) >= 11 is 1.87. The minimum atomic E-state index is 0.0480. The van der Waals surface area contributed by atoms with Gasteiger partial charge in [0.1, 0.15) is 0 Å². The van der Waals surface area contributed by atoms with Crippen LogP contribution in [0.3, 0.4) is 0 Å². The Labute approximate surface area is 125 Å². The minimum absolute atomic E-state index is 0.0480. The largest absolute Gasteiger partial charge is 0.377 e. The van der Waals surface area contributed by atoms with Gasteiger partial charge < -0.3 is 15.0 Å². The summed E-state index contributed by atoms with van der Waals surface area (Å²) in [6.45, 7) is 11.2. The Kier molecular flexibility index (Phi) is 4.02. The van der Waals surface area contributed by atoms with Crippen molar-refractivity contribution in [2.24, 2.45) is 0 Å². The number of hydrogen-bond acceptors (Lipinski definition) is 5. The standard InChI is InChI=1S/C15H25N3OS/c1-4-16-9-12-13(11-5-6-11)17-14(20-12)18-7-8-19-10-15(18,2)3/h11,16H,4-10H2,1-3H3. The van der Waals surface area contributed by atoms with Crippen molar-refractivity contribution in [3.05, 3.63) is 10.6 Å². The van der Waals surface area contributed by atoms with E-state index >= 15 is 0 Å². The zero-order chi connectivity index (χ0) is 14.2. The average Bonchev–Trinajstić information content (AvgIpc) is 3.17. The van der Waals surface area contributed by atoms with Gasteiger partial charge in [0.15, 0.2) is 5.13 Å². The molecule has 5 heteroatoms. The van der Waals surface area contributed by atoms with E-state index in [2.05, 4.69) is 31.0 Å². The molecule has 2 aliphatic rings. The van der Waals surface area contributed by atoms with E-state index in [1.54, 1.807) is 0 Å². The van der Waals surface area contributed by atoms with E-state index in [4.69, 9.17) is 9.72 Å². The fourth-order valence-electron chi connectivity index (χ4n) is 2.72. The first kappa shape index (κ1) is 14.3. The molecule has 0 unspecified atom stereocenters. The fraction of sp³-hybridized carbons (Fsp3) is 0.800. The van der Waals surface area contributed by atoms with E-state index in [1.807, 2.05) is 11.3 Å². The van der Waals surface area contributed by atoms with Crippen LogP contribution in [0.2, 0.25) is 0 Å². The van der Waals surface area contributed by atoms with Gasteiger partial charge in [0.05, 0.1) is 24.4 Å². The Morgan fingerprint density at radius 1 is 1.45 bits per heavy atom. The van der Waals surface area contributed by atoms with E-state index < -0.39 is 0 Å².